The summed E-state index contributed by atoms with van der Waals surface area (Å²) in [5, 5.41) is 11.0. The van der Waals surface area contributed by atoms with Gasteiger partial charge in [-0.2, -0.15) is 0 Å². The molecule has 7 nitrogen and oxygen atoms in total. The maximum atomic E-state index is 11.2. The van der Waals surface area contributed by atoms with E-state index in [1.165, 1.54) is 19.2 Å². The van der Waals surface area contributed by atoms with Crippen LogP contribution in [0.15, 0.2) is 18.2 Å². The molecule has 7 heteroatoms. The molecule has 0 aliphatic carbocycles. The largest absolute Gasteiger partial charge is 0.491 e. The van der Waals surface area contributed by atoms with Gasteiger partial charge in [0.05, 0.1) is 30.6 Å². The highest BCUT2D eigenvalue weighted by Crippen LogP contribution is 2.28. The number of nitro benzene ring substituents is 1. The lowest BCUT2D eigenvalue weighted by Crippen LogP contribution is -2.21. The third-order valence-corrected chi connectivity index (χ3v) is 2.78. The zero-order valence-corrected chi connectivity index (χ0v) is 12.7. The maximum absolute atomic E-state index is 11.2. The van der Waals surface area contributed by atoms with Gasteiger partial charge in [-0.3, -0.25) is 14.9 Å². The standard InChI is InChI=1S/C14H20N2O5/c1-10(2)21-13-8-11(7-12(9-13)16(18)19)15(3)6-5-14(17)20-4/h7-10H,5-6H2,1-4H3. The third-order valence-electron chi connectivity index (χ3n) is 2.78. The van der Waals surface area contributed by atoms with Gasteiger partial charge >= 0.3 is 5.97 Å². The number of ether oxygens (including phenoxy) is 2. The molecule has 1 rings (SSSR count). The summed E-state index contributed by atoms with van der Waals surface area (Å²) in [6.45, 7) is 4.09. The number of carbonyl (C=O) groups is 1. The van der Waals surface area contributed by atoms with Gasteiger partial charge < -0.3 is 14.4 Å². The highest BCUT2D eigenvalue weighted by molar-refractivity contribution is 5.70. The van der Waals surface area contributed by atoms with Crippen molar-refractivity contribution in [3.8, 4) is 5.75 Å². The van der Waals surface area contributed by atoms with Crippen LogP contribution in [0.3, 0.4) is 0 Å². The van der Waals surface area contributed by atoms with Crippen LogP contribution in [0.4, 0.5) is 11.4 Å². The molecule has 0 radical (unpaired) electrons. The Morgan fingerprint density at radius 1 is 1.38 bits per heavy atom. The Hall–Kier alpha value is -2.31. The summed E-state index contributed by atoms with van der Waals surface area (Å²) in [5.41, 5.74) is 0.567. The van der Waals surface area contributed by atoms with E-state index < -0.39 is 4.92 Å². The summed E-state index contributed by atoms with van der Waals surface area (Å²) in [6, 6.07) is 4.55. The first-order valence-corrected chi connectivity index (χ1v) is 6.57. The van der Waals surface area contributed by atoms with Gasteiger partial charge in [0.15, 0.2) is 0 Å². The molecule has 0 aliphatic rings. The molecule has 0 aliphatic heterocycles. The van der Waals surface area contributed by atoms with Crippen LogP contribution in [-0.2, 0) is 9.53 Å². The van der Waals surface area contributed by atoms with E-state index in [0.29, 0.717) is 18.0 Å². The van der Waals surface area contributed by atoms with Gasteiger partial charge in [-0.15, -0.1) is 0 Å². The van der Waals surface area contributed by atoms with Gasteiger partial charge in [0.25, 0.3) is 5.69 Å². The van der Waals surface area contributed by atoms with Crippen molar-refractivity contribution in [2.75, 3.05) is 25.6 Å². The highest BCUT2D eigenvalue weighted by atomic mass is 16.6. The first-order valence-electron chi connectivity index (χ1n) is 6.57. The minimum Gasteiger partial charge on any atom is -0.491 e. The molecule has 0 bridgehead atoms. The molecule has 0 atom stereocenters. The fraction of sp³-hybridized carbons (Fsp3) is 0.500. The van der Waals surface area contributed by atoms with E-state index in [0.717, 1.165) is 0 Å². The van der Waals surface area contributed by atoms with Gasteiger partial charge in [0.1, 0.15) is 5.75 Å². The van der Waals surface area contributed by atoms with E-state index in [1.807, 2.05) is 13.8 Å². The molecule has 1 aromatic rings. The summed E-state index contributed by atoms with van der Waals surface area (Å²) in [4.78, 5) is 23.4. The molecule has 0 N–H and O–H groups in total. The van der Waals surface area contributed by atoms with Crippen molar-refractivity contribution in [3.63, 3.8) is 0 Å². The second-order valence-electron chi connectivity index (χ2n) is 4.86. The number of esters is 1. The first-order chi connectivity index (χ1) is 9.83. The lowest BCUT2D eigenvalue weighted by Gasteiger charge is -2.20. The molecule has 0 fully saturated rings. The second-order valence-corrected chi connectivity index (χ2v) is 4.86. The number of hydrogen-bond acceptors (Lipinski definition) is 6. The van der Waals surface area contributed by atoms with Crippen LogP contribution < -0.4 is 9.64 Å². The summed E-state index contributed by atoms with van der Waals surface area (Å²) >= 11 is 0. The fourth-order valence-electron chi connectivity index (χ4n) is 1.72. The number of carbonyl (C=O) groups excluding carboxylic acids is 1. The van der Waals surface area contributed by atoms with Crippen LogP contribution >= 0.6 is 0 Å². The van der Waals surface area contributed by atoms with Crippen molar-refractivity contribution in [1.82, 2.24) is 0 Å². The van der Waals surface area contributed by atoms with Gasteiger partial charge in [-0.05, 0) is 13.8 Å². The highest BCUT2D eigenvalue weighted by Gasteiger charge is 2.14. The Bertz CT molecular complexity index is 516. The van der Waals surface area contributed by atoms with E-state index in [1.54, 1.807) is 18.0 Å². The Kier molecular flexibility index (Phi) is 5.95. The number of hydrogen-bond donors (Lipinski definition) is 0. The van der Waals surface area contributed by atoms with Crippen molar-refractivity contribution in [3.05, 3.63) is 28.3 Å². The van der Waals surface area contributed by atoms with Crippen LogP contribution in [0.2, 0.25) is 0 Å². The topological polar surface area (TPSA) is 81.9 Å². The van der Waals surface area contributed by atoms with E-state index in [9.17, 15) is 14.9 Å². The predicted molar refractivity (Wildman–Crippen MR) is 78.8 cm³/mol. The van der Waals surface area contributed by atoms with E-state index in [4.69, 9.17) is 4.74 Å². The van der Waals surface area contributed by atoms with Crippen molar-refractivity contribution in [1.29, 1.82) is 0 Å². The SMILES string of the molecule is COC(=O)CCN(C)c1cc(OC(C)C)cc([N+](=O)[O-])c1. The van der Waals surface area contributed by atoms with Crippen molar-refractivity contribution < 1.29 is 19.2 Å². The summed E-state index contributed by atoms with van der Waals surface area (Å²) in [7, 11) is 3.07. The van der Waals surface area contributed by atoms with E-state index in [2.05, 4.69) is 4.74 Å². The predicted octanol–water partition coefficient (Wildman–Crippen LogP) is 2.38. The number of non-ortho nitro benzene ring substituents is 1. The molecule has 0 aromatic heterocycles. The van der Waals surface area contributed by atoms with Crippen LogP contribution in [0.25, 0.3) is 0 Å². The number of methoxy groups -OCH3 is 1. The normalized spacial score (nSPS) is 10.3. The molecule has 116 valence electrons. The second kappa shape index (κ2) is 7.47. The average molecular weight is 296 g/mol. The lowest BCUT2D eigenvalue weighted by molar-refractivity contribution is -0.384. The quantitative estimate of drug-likeness (QED) is 0.436. The Morgan fingerprint density at radius 2 is 2.05 bits per heavy atom. The summed E-state index contributed by atoms with van der Waals surface area (Å²) in [6.07, 6.45) is 0.121. The molecule has 0 heterocycles. The smallest absolute Gasteiger partial charge is 0.307 e. The van der Waals surface area contributed by atoms with Crippen LogP contribution in [0, 0.1) is 10.1 Å². The van der Waals surface area contributed by atoms with Gasteiger partial charge in [-0.25, -0.2) is 0 Å². The van der Waals surface area contributed by atoms with Gasteiger partial charge in [0, 0.05) is 31.4 Å². The molecule has 0 saturated heterocycles. The molecule has 0 unspecified atom stereocenters. The Balaban J connectivity index is 2.95. The zero-order chi connectivity index (χ0) is 16.0. The monoisotopic (exact) mass is 296 g/mol. The number of benzene rings is 1. The van der Waals surface area contributed by atoms with Crippen molar-refractivity contribution >= 4 is 17.3 Å². The minimum absolute atomic E-state index is 0.0481. The number of nitrogens with zero attached hydrogens (tertiary/aromatic N) is 2. The Labute approximate surface area is 123 Å². The molecule has 21 heavy (non-hydrogen) atoms. The summed E-state index contributed by atoms with van der Waals surface area (Å²) < 4.78 is 10.1. The van der Waals surface area contributed by atoms with Crippen LogP contribution in [0.1, 0.15) is 20.3 Å². The van der Waals surface area contributed by atoms with Gasteiger partial charge in [-0.1, -0.05) is 0 Å². The van der Waals surface area contributed by atoms with Crippen LogP contribution in [0.5, 0.6) is 5.75 Å². The first kappa shape index (κ1) is 16.7. The van der Waals surface area contributed by atoms with Crippen LogP contribution in [-0.4, -0.2) is 37.7 Å². The Morgan fingerprint density at radius 3 is 2.57 bits per heavy atom. The number of nitro groups is 1. The molecule has 0 saturated carbocycles. The fourth-order valence-corrected chi connectivity index (χ4v) is 1.72. The maximum Gasteiger partial charge on any atom is 0.307 e. The number of anilines is 1. The van der Waals surface area contributed by atoms with Crippen molar-refractivity contribution in [2.45, 2.75) is 26.4 Å². The third kappa shape index (κ3) is 5.29. The average Bonchev–Trinajstić information content (AvgIpc) is 2.43. The zero-order valence-electron chi connectivity index (χ0n) is 12.7. The molecular formula is C14H20N2O5. The van der Waals surface area contributed by atoms with Crippen molar-refractivity contribution in [2.24, 2.45) is 0 Å². The molecule has 0 spiro atoms. The molecule has 1 aromatic carbocycles. The number of rotatable bonds is 7. The summed E-state index contributed by atoms with van der Waals surface area (Å²) in [5.74, 6) is 0.102. The molecular weight excluding hydrogens is 276 g/mol. The van der Waals surface area contributed by atoms with Gasteiger partial charge in [0.2, 0.25) is 0 Å². The van der Waals surface area contributed by atoms with E-state index >= 15 is 0 Å². The molecule has 0 amide bonds. The van der Waals surface area contributed by atoms with E-state index in [-0.39, 0.29) is 24.2 Å². The lowest BCUT2D eigenvalue weighted by atomic mass is 10.2. The minimum atomic E-state index is -0.467.